The topological polar surface area (TPSA) is 26.3 Å². The van der Waals surface area contributed by atoms with Crippen molar-refractivity contribution < 1.29 is 9.22 Å². The maximum atomic E-state index is 10.4. The van der Waals surface area contributed by atoms with Gasteiger partial charge in [0, 0.05) is 0 Å². The molecule has 0 aliphatic rings. The van der Waals surface area contributed by atoms with Crippen molar-refractivity contribution in [3.8, 4) is 0 Å². The quantitative estimate of drug-likeness (QED) is 0.192. The van der Waals surface area contributed by atoms with Crippen molar-refractivity contribution in [2.24, 2.45) is 0 Å². The average molecular weight is 351 g/mol. The van der Waals surface area contributed by atoms with Crippen molar-refractivity contribution in [1.82, 2.24) is 0 Å². The summed E-state index contributed by atoms with van der Waals surface area (Å²) < 4.78 is 6.55. The first-order valence-electron chi connectivity index (χ1n) is 9.00. The Bertz CT molecular complexity index is 479. The van der Waals surface area contributed by atoms with Gasteiger partial charge >= 0.3 is 0 Å². The van der Waals surface area contributed by atoms with Crippen LogP contribution in [0.3, 0.4) is 0 Å². The fraction of sp³-hybridized carbons (Fsp3) is 0.667. The molecule has 0 rings (SSSR count). The van der Waals surface area contributed by atoms with Gasteiger partial charge in [0.25, 0.3) is 0 Å². The van der Waals surface area contributed by atoms with Gasteiger partial charge in [-0.3, -0.25) is 4.79 Å². The van der Waals surface area contributed by atoms with Crippen molar-refractivity contribution in [3.05, 3.63) is 35.5 Å². The number of allylic oxidation sites excluding steroid dienone is 4. The van der Waals surface area contributed by atoms with Crippen LogP contribution in [0.25, 0.3) is 0 Å². The largest absolute Gasteiger partial charge is 0.410 e. The van der Waals surface area contributed by atoms with Crippen LogP contribution in [0.2, 0.25) is 18.1 Å². The van der Waals surface area contributed by atoms with Crippen LogP contribution in [0.1, 0.15) is 67.2 Å². The van der Waals surface area contributed by atoms with Gasteiger partial charge in [0.1, 0.15) is 6.29 Å². The molecule has 3 heteroatoms. The van der Waals surface area contributed by atoms with Crippen LogP contribution in [0.4, 0.5) is 0 Å². The van der Waals surface area contributed by atoms with E-state index in [0.717, 1.165) is 43.1 Å². The normalized spacial score (nSPS) is 15.3. The molecule has 0 aromatic heterocycles. The molecule has 0 aromatic carbocycles. The van der Waals surface area contributed by atoms with E-state index in [1.807, 2.05) is 6.92 Å². The van der Waals surface area contributed by atoms with Crippen molar-refractivity contribution >= 4 is 14.6 Å². The summed E-state index contributed by atoms with van der Waals surface area (Å²) in [4.78, 5) is 10.4. The molecule has 0 fully saturated rings. The minimum Gasteiger partial charge on any atom is -0.410 e. The molecular weight excluding hydrogens is 312 g/mol. The maximum Gasteiger partial charge on any atom is 0.192 e. The first-order chi connectivity index (χ1) is 10.9. The molecule has 0 N–H and O–H groups in total. The Morgan fingerprint density at radius 2 is 1.71 bits per heavy atom. The number of carbonyl (C=O) groups excluding carboxylic acids is 1. The molecule has 0 aromatic rings. The van der Waals surface area contributed by atoms with Crippen LogP contribution < -0.4 is 0 Å². The van der Waals surface area contributed by atoms with Crippen LogP contribution >= 0.6 is 0 Å². The second kappa shape index (κ2) is 10.1. The molecular formula is C21H38O2Si. The summed E-state index contributed by atoms with van der Waals surface area (Å²) in [6.45, 7) is 21.8. The number of aldehydes is 1. The maximum absolute atomic E-state index is 10.4. The zero-order valence-electron chi connectivity index (χ0n) is 17.2. The summed E-state index contributed by atoms with van der Waals surface area (Å²) >= 11 is 0. The van der Waals surface area contributed by atoms with E-state index in [1.165, 1.54) is 5.57 Å². The van der Waals surface area contributed by atoms with Crippen molar-refractivity contribution in [2.45, 2.75) is 91.5 Å². The van der Waals surface area contributed by atoms with Gasteiger partial charge in [-0.05, 0) is 70.7 Å². The highest BCUT2D eigenvalue weighted by Crippen LogP contribution is 2.38. The Labute approximate surface area is 151 Å². The molecule has 0 aliphatic carbocycles. The van der Waals surface area contributed by atoms with Crippen LogP contribution in [0, 0.1) is 0 Å². The standard InChI is InChI=1S/C21H38O2Si/c1-17(2)20(23-24(8,9)21(5,6)7)14-13-18(3)11-10-12-19(4)15-16-22/h11,15-16,20H,1,10,12-14H2,2-9H3/b18-11+,19-15?. The fourth-order valence-electron chi connectivity index (χ4n) is 2.14. The van der Waals surface area contributed by atoms with Gasteiger partial charge in [0.15, 0.2) is 8.32 Å². The summed E-state index contributed by atoms with van der Waals surface area (Å²) in [6, 6.07) is 0. The Morgan fingerprint density at radius 1 is 1.12 bits per heavy atom. The first kappa shape index (κ1) is 23.1. The third kappa shape index (κ3) is 8.79. The van der Waals surface area contributed by atoms with E-state index in [4.69, 9.17) is 4.43 Å². The highest BCUT2D eigenvalue weighted by Gasteiger charge is 2.39. The van der Waals surface area contributed by atoms with Crippen molar-refractivity contribution in [2.75, 3.05) is 0 Å². The molecule has 0 saturated carbocycles. The van der Waals surface area contributed by atoms with Crippen LogP contribution in [-0.2, 0) is 9.22 Å². The third-order valence-electron chi connectivity index (χ3n) is 4.98. The molecule has 0 heterocycles. The van der Waals surface area contributed by atoms with E-state index in [2.05, 4.69) is 60.4 Å². The number of hydrogen-bond acceptors (Lipinski definition) is 2. The van der Waals surface area contributed by atoms with Gasteiger partial charge in [-0.15, -0.1) is 0 Å². The molecule has 0 radical (unpaired) electrons. The Balaban J connectivity index is 4.62. The summed E-state index contributed by atoms with van der Waals surface area (Å²) in [5, 5.41) is 0.216. The van der Waals surface area contributed by atoms with E-state index < -0.39 is 8.32 Å². The minimum absolute atomic E-state index is 0.144. The van der Waals surface area contributed by atoms with Gasteiger partial charge in [0.2, 0.25) is 0 Å². The number of hydrogen-bond donors (Lipinski definition) is 0. The van der Waals surface area contributed by atoms with E-state index in [0.29, 0.717) is 0 Å². The highest BCUT2D eigenvalue weighted by molar-refractivity contribution is 6.74. The van der Waals surface area contributed by atoms with Crippen LogP contribution in [0.5, 0.6) is 0 Å². The molecule has 1 atom stereocenters. The summed E-state index contributed by atoms with van der Waals surface area (Å²) in [7, 11) is -1.77. The lowest BCUT2D eigenvalue weighted by atomic mass is 10.0. The van der Waals surface area contributed by atoms with E-state index >= 15 is 0 Å². The molecule has 0 aliphatic heterocycles. The Hall–Kier alpha value is -0.933. The van der Waals surface area contributed by atoms with Gasteiger partial charge in [0.05, 0.1) is 6.10 Å². The summed E-state index contributed by atoms with van der Waals surface area (Å²) in [6.07, 6.45) is 8.89. The second-order valence-electron chi connectivity index (χ2n) is 8.49. The van der Waals surface area contributed by atoms with Crippen molar-refractivity contribution in [3.63, 3.8) is 0 Å². The highest BCUT2D eigenvalue weighted by atomic mass is 28.4. The lowest BCUT2D eigenvalue weighted by Gasteiger charge is -2.39. The summed E-state index contributed by atoms with van der Waals surface area (Å²) in [5.41, 5.74) is 3.64. The molecule has 0 amide bonds. The predicted octanol–water partition coefficient (Wildman–Crippen LogP) is 6.60. The lowest BCUT2D eigenvalue weighted by molar-refractivity contribution is -0.104. The van der Waals surface area contributed by atoms with Crippen LogP contribution in [0.15, 0.2) is 35.5 Å². The lowest BCUT2D eigenvalue weighted by Crippen LogP contribution is -2.44. The van der Waals surface area contributed by atoms with Gasteiger partial charge in [-0.1, -0.05) is 50.1 Å². The SMILES string of the molecule is C=C(C)C(CC/C(C)=C/CCC(C)=CC=O)O[Si](C)(C)C(C)(C)C. The average Bonchev–Trinajstić information content (AvgIpc) is 2.42. The molecule has 138 valence electrons. The van der Waals surface area contributed by atoms with Crippen molar-refractivity contribution in [1.29, 1.82) is 0 Å². The minimum atomic E-state index is -1.77. The Morgan fingerprint density at radius 3 is 2.17 bits per heavy atom. The van der Waals surface area contributed by atoms with Gasteiger partial charge in [-0.25, -0.2) is 0 Å². The molecule has 0 bridgehead atoms. The molecule has 0 spiro atoms. The molecule has 24 heavy (non-hydrogen) atoms. The zero-order valence-corrected chi connectivity index (χ0v) is 18.2. The molecule has 0 saturated heterocycles. The number of carbonyl (C=O) groups is 1. The predicted molar refractivity (Wildman–Crippen MR) is 109 cm³/mol. The third-order valence-corrected chi connectivity index (χ3v) is 9.46. The van der Waals surface area contributed by atoms with E-state index in [1.54, 1.807) is 6.08 Å². The van der Waals surface area contributed by atoms with Gasteiger partial charge in [-0.2, -0.15) is 0 Å². The first-order valence-corrected chi connectivity index (χ1v) is 11.9. The van der Waals surface area contributed by atoms with E-state index in [9.17, 15) is 4.79 Å². The Kier molecular flexibility index (Phi) is 9.75. The summed E-state index contributed by atoms with van der Waals surface area (Å²) in [5.74, 6) is 0. The number of rotatable bonds is 10. The zero-order chi connectivity index (χ0) is 19.0. The fourth-order valence-corrected chi connectivity index (χ4v) is 3.53. The molecule has 2 nitrogen and oxygen atoms in total. The monoisotopic (exact) mass is 350 g/mol. The smallest absolute Gasteiger partial charge is 0.192 e. The second-order valence-corrected chi connectivity index (χ2v) is 13.2. The molecule has 1 unspecified atom stereocenters. The van der Waals surface area contributed by atoms with Crippen LogP contribution in [-0.4, -0.2) is 20.7 Å². The van der Waals surface area contributed by atoms with Gasteiger partial charge < -0.3 is 4.43 Å². The van der Waals surface area contributed by atoms with E-state index in [-0.39, 0.29) is 11.1 Å².